The Morgan fingerprint density at radius 1 is 1.10 bits per heavy atom. The van der Waals surface area contributed by atoms with E-state index in [1.165, 1.54) is 32.7 Å². The van der Waals surface area contributed by atoms with E-state index in [2.05, 4.69) is 0 Å². The Morgan fingerprint density at radius 2 is 1.76 bits per heavy atom. The molecule has 6 heteroatoms. The van der Waals surface area contributed by atoms with Crippen LogP contribution in [0.1, 0.15) is 20.8 Å². The Bertz CT molecular complexity index is 679. The van der Waals surface area contributed by atoms with Gasteiger partial charge in [0.15, 0.2) is 11.5 Å². The standard InChI is InChI=1S/C15H15ClO4S/c1-8-7-21-15(11(8)16)12(17)9-5-6-10(18-2)14(20-4)13(9)19-3/h5-7H,1-4H3. The summed E-state index contributed by atoms with van der Waals surface area (Å²) in [6.45, 7) is 1.86. The van der Waals surface area contributed by atoms with E-state index in [1.807, 2.05) is 12.3 Å². The largest absolute Gasteiger partial charge is 0.493 e. The molecule has 112 valence electrons. The van der Waals surface area contributed by atoms with E-state index in [9.17, 15) is 4.79 Å². The Kier molecular flexibility index (Phi) is 4.75. The molecular weight excluding hydrogens is 312 g/mol. The Labute approximate surface area is 132 Å². The number of thiophene rings is 1. The highest BCUT2D eigenvalue weighted by molar-refractivity contribution is 7.13. The van der Waals surface area contributed by atoms with Crippen molar-refractivity contribution in [2.24, 2.45) is 0 Å². The molecule has 2 rings (SSSR count). The Balaban J connectivity index is 2.58. The average molecular weight is 327 g/mol. The summed E-state index contributed by atoms with van der Waals surface area (Å²) in [5.41, 5.74) is 1.27. The molecule has 0 bridgehead atoms. The van der Waals surface area contributed by atoms with Crippen LogP contribution in [0, 0.1) is 6.92 Å². The number of rotatable bonds is 5. The van der Waals surface area contributed by atoms with E-state index in [0.717, 1.165) is 5.56 Å². The Morgan fingerprint density at radius 3 is 2.24 bits per heavy atom. The molecule has 2 aromatic rings. The van der Waals surface area contributed by atoms with Crippen LogP contribution in [0.15, 0.2) is 17.5 Å². The van der Waals surface area contributed by atoms with Gasteiger partial charge in [0.2, 0.25) is 11.5 Å². The molecule has 0 atom stereocenters. The minimum absolute atomic E-state index is 0.198. The molecule has 21 heavy (non-hydrogen) atoms. The number of hydrogen-bond acceptors (Lipinski definition) is 5. The van der Waals surface area contributed by atoms with E-state index >= 15 is 0 Å². The maximum absolute atomic E-state index is 12.7. The number of benzene rings is 1. The first-order chi connectivity index (χ1) is 10.0. The molecule has 0 spiro atoms. The van der Waals surface area contributed by atoms with Crippen molar-refractivity contribution in [2.75, 3.05) is 21.3 Å². The van der Waals surface area contributed by atoms with Crippen molar-refractivity contribution in [3.05, 3.63) is 38.5 Å². The monoisotopic (exact) mass is 326 g/mol. The summed E-state index contributed by atoms with van der Waals surface area (Å²) in [7, 11) is 4.50. The minimum atomic E-state index is -0.198. The maximum Gasteiger partial charge on any atom is 0.208 e. The van der Waals surface area contributed by atoms with Gasteiger partial charge >= 0.3 is 0 Å². The summed E-state index contributed by atoms with van der Waals surface area (Å²) in [4.78, 5) is 13.2. The van der Waals surface area contributed by atoms with Crippen LogP contribution >= 0.6 is 22.9 Å². The lowest BCUT2D eigenvalue weighted by molar-refractivity contribution is 0.103. The molecular formula is C15H15ClO4S. The van der Waals surface area contributed by atoms with E-state index in [4.69, 9.17) is 25.8 Å². The van der Waals surface area contributed by atoms with Crippen LogP contribution in [-0.4, -0.2) is 27.1 Å². The first-order valence-corrected chi connectivity index (χ1v) is 7.38. The zero-order chi connectivity index (χ0) is 15.6. The van der Waals surface area contributed by atoms with Crippen LogP contribution in [0.5, 0.6) is 17.2 Å². The number of methoxy groups -OCH3 is 3. The van der Waals surface area contributed by atoms with Gasteiger partial charge in [-0.05, 0) is 30.0 Å². The van der Waals surface area contributed by atoms with Gasteiger partial charge in [-0.2, -0.15) is 0 Å². The van der Waals surface area contributed by atoms with Gasteiger partial charge in [0.25, 0.3) is 0 Å². The molecule has 0 saturated heterocycles. The molecule has 0 aliphatic rings. The molecule has 4 nitrogen and oxygen atoms in total. The summed E-state index contributed by atoms with van der Waals surface area (Å²) in [5.74, 6) is 1.02. The molecule has 1 aromatic heterocycles. The third kappa shape index (κ3) is 2.71. The molecule has 0 radical (unpaired) electrons. The zero-order valence-electron chi connectivity index (χ0n) is 12.2. The SMILES string of the molecule is COc1ccc(C(=O)c2scc(C)c2Cl)c(OC)c1OC. The van der Waals surface area contributed by atoms with Crippen molar-refractivity contribution in [1.29, 1.82) is 0 Å². The van der Waals surface area contributed by atoms with E-state index < -0.39 is 0 Å². The maximum atomic E-state index is 12.7. The molecule has 1 heterocycles. The van der Waals surface area contributed by atoms with Gasteiger partial charge < -0.3 is 14.2 Å². The average Bonchev–Trinajstić information content (AvgIpc) is 2.84. The fourth-order valence-corrected chi connectivity index (χ4v) is 3.22. The van der Waals surface area contributed by atoms with Gasteiger partial charge in [-0.3, -0.25) is 4.79 Å². The van der Waals surface area contributed by atoms with Crippen molar-refractivity contribution < 1.29 is 19.0 Å². The second kappa shape index (κ2) is 6.37. The highest BCUT2D eigenvalue weighted by Crippen LogP contribution is 2.41. The van der Waals surface area contributed by atoms with Crippen molar-refractivity contribution in [2.45, 2.75) is 6.92 Å². The number of ether oxygens (including phenoxy) is 3. The number of halogens is 1. The zero-order valence-corrected chi connectivity index (χ0v) is 13.7. The van der Waals surface area contributed by atoms with Crippen molar-refractivity contribution in [3.8, 4) is 17.2 Å². The highest BCUT2D eigenvalue weighted by atomic mass is 35.5. The van der Waals surface area contributed by atoms with E-state index in [-0.39, 0.29) is 5.78 Å². The molecule has 0 aliphatic heterocycles. The topological polar surface area (TPSA) is 44.8 Å². The molecule has 0 unspecified atom stereocenters. The van der Waals surface area contributed by atoms with Crippen LogP contribution < -0.4 is 14.2 Å². The smallest absolute Gasteiger partial charge is 0.208 e. The third-order valence-electron chi connectivity index (χ3n) is 3.05. The van der Waals surface area contributed by atoms with Crippen molar-refractivity contribution in [1.82, 2.24) is 0 Å². The second-order valence-electron chi connectivity index (χ2n) is 4.27. The van der Waals surface area contributed by atoms with Crippen LogP contribution in [0.25, 0.3) is 0 Å². The first-order valence-electron chi connectivity index (χ1n) is 6.12. The van der Waals surface area contributed by atoms with Crippen molar-refractivity contribution in [3.63, 3.8) is 0 Å². The lowest BCUT2D eigenvalue weighted by Gasteiger charge is -2.14. The molecule has 0 saturated carbocycles. The molecule has 1 aromatic carbocycles. The fourth-order valence-electron chi connectivity index (χ4n) is 1.99. The van der Waals surface area contributed by atoms with Crippen molar-refractivity contribution >= 4 is 28.7 Å². The highest BCUT2D eigenvalue weighted by Gasteiger charge is 2.24. The number of carbonyl (C=O) groups is 1. The quantitative estimate of drug-likeness (QED) is 0.780. The van der Waals surface area contributed by atoms with E-state index in [1.54, 1.807) is 12.1 Å². The number of hydrogen-bond donors (Lipinski definition) is 0. The summed E-state index contributed by atoms with van der Waals surface area (Å²) < 4.78 is 15.8. The van der Waals surface area contributed by atoms with Crippen LogP contribution in [0.2, 0.25) is 5.02 Å². The summed E-state index contributed by atoms with van der Waals surface area (Å²) in [6, 6.07) is 3.32. The Hall–Kier alpha value is -1.72. The molecule has 0 fully saturated rings. The fraction of sp³-hybridized carbons (Fsp3) is 0.267. The predicted octanol–water partition coefficient (Wildman–Crippen LogP) is 3.97. The lowest BCUT2D eigenvalue weighted by atomic mass is 10.1. The minimum Gasteiger partial charge on any atom is -0.493 e. The second-order valence-corrected chi connectivity index (χ2v) is 5.53. The van der Waals surface area contributed by atoms with Gasteiger partial charge in [-0.1, -0.05) is 11.6 Å². The first kappa shape index (κ1) is 15.7. The van der Waals surface area contributed by atoms with Gasteiger partial charge in [0.05, 0.1) is 36.8 Å². The van der Waals surface area contributed by atoms with Gasteiger partial charge in [-0.15, -0.1) is 11.3 Å². The molecule has 0 amide bonds. The normalized spacial score (nSPS) is 10.3. The number of ketones is 1. The van der Waals surface area contributed by atoms with Crippen LogP contribution in [0.3, 0.4) is 0 Å². The summed E-state index contributed by atoms with van der Waals surface area (Å²) in [6.07, 6.45) is 0. The number of carbonyl (C=O) groups excluding carboxylic acids is 1. The lowest BCUT2D eigenvalue weighted by Crippen LogP contribution is -2.05. The molecule has 0 N–H and O–H groups in total. The summed E-state index contributed by atoms with van der Waals surface area (Å²) in [5, 5.41) is 2.32. The van der Waals surface area contributed by atoms with Crippen LogP contribution in [0.4, 0.5) is 0 Å². The predicted molar refractivity (Wildman–Crippen MR) is 83.6 cm³/mol. The van der Waals surface area contributed by atoms with Gasteiger partial charge in [-0.25, -0.2) is 0 Å². The van der Waals surface area contributed by atoms with Gasteiger partial charge in [0.1, 0.15) is 0 Å². The van der Waals surface area contributed by atoms with Gasteiger partial charge in [0, 0.05) is 0 Å². The summed E-state index contributed by atoms with van der Waals surface area (Å²) >= 11 is 7.49. The third-order valence-corrected chi connectivity index (χ3v) is 4.75. The number of aryl methyl sites for hydroxylation is 1. The van der Waals surface area contributed by atoms with Crippen LogP contribution in [-0.2, 0) is 0 Å². The molecule has 0 aliphatic carbocycles. The van der Waals surface area contributed by atoms with E-state index in [0.29, 0.717) is 32.7 Å².